The Morgan fingerprint density at radius 3 is 2.68 bits per heavy atom. The van der Waals surface area contributed by atoms with Crippen LogP contribution in [-0.2, 0) is 6.54 Å². The number of ketones is 1. The van der Waals surface area contributed by atoms with Crippen LogP contribution in [0.1, 0.15) is 20.9 Å². The van der Waals surface area contributed by atoms with Crippen LogP contribution in [0.4, 0.5) is 0 Å². The second kappa shape index (κ2) is 6.31. The molecule has 7 heteroatoms. The van der Waals surface area contributed by atoms with Gasteiger partial charge in [0.05, 0.1) is 11.1 Å². The van der Waals surface area contributed by atoms with Gasteiger partial charge in [0.25, 0.3) is 5.65 Å². The molecule has 0 unspecified atom stereocenters. The fourth-order valence-electron chi connectivity index (χ4n) is 2.79. The molecule has 3 heterocycles. The Labute approximate surface area is 152 Å². The van der Waals surface area contributed by atoms with Crippen molar-refractivity contribution in [1.29, 1.82) is 0 Å². The number of benzene rings is 1. The second-order valence-corrected chi connectivity index (χ2v) is 7.14. The Kier molecular flexibility index (Phi) is 3.99. The fraction of sp³-hybridized carbons (Fsp3) is 0.0556. The summed E-state index contributed by atoms with van der Waals surface area (Å²) in [6.45, 7) is 0.355. The Morgan fingerprint density at radius 2 is 1.96 bits per heavy atom. The molecule has 0 atom stereocenters. The third-order valence-electron chi connectivity index (χ3n) is 3.90. The third-order valence-corrected chi connectivity index (χ3v) is 5.00. The van der Waals surface area contributed by atoms with Crippen LogP contribution in [0.2, 0.25) is 4.47 Å². The zero-order chi connectivity index (χ0) is 17.4. The third kappa shape index (κ3) is 2.79. The highest BCUT2D eigenvalue weighted by Crippen LogP contribution is 2.24. The van der Waals surface area contributed by atoms with E-state index in [1.54, 1.807) is 47.3 Å². The van der Waals surface area contributed by atoms with E-state index in [0.717, 1.165) is 4.88 Å². The molecule has 0 aliphatic rings. The second-order valence-electron chi connectivity index (χ2n) is 5.44. The van der Waals surface area contributed by atoms with Crippen molar-refractivity contribution in [2.45, 2.75) is 6.54 Å². The molecule has 0 saturated heterocycles. The fourth-order valence-corrected chi connectivity index (χ4v) is 3.76. The van der Waals surface area contributed by atoms with Gasteiger partial charge in [0, 0.05) is 17.8 Å². The lowest BCUT2D eigenvalue weighted by atomic mass is 10.1. The van der Waals surface area contributed by atoms with Crippen LogP contribution in [0.25, 0.3) is 5.65 Å². The number of pyridine rings is 1. The molecule has 1 aromatic carbocycles. The topological polar surface area (TPSA) is 62.0 Å². The smallest absolute Gasteiger partial charge is 0.286 e. The van der Waals surface area contributed by atoms with Gasteiger partial charge in [-0.3, -0.25) is 4.79 Å². The first kappa shape index (κ1) is 15.8. The number of hydrogen-bond donors (Lipinski definition) is 0. The molecule has 25 heavy (non-hydrogen) atoms. The number of fused-ring (bicyclic) bond motifs is 1. The standard InChI is InChI=1S/C18H12ClN3O2S/c19-18-20-10-13(25-18)11-22-14-8-4-5-9-21(14)17(24)15(22)16(23)12-6-2-1-3-7-12/h1-10H,11H2. The molecule has 0 aliphatic carbocycles. The molecule has 4 rings (SSSR count). The summed E-state index contributed by atoms with van der Waals surface area (Å²) in [6, 6.07) is 14.2. The lowest BCUT2D eigenvalue weighted by Gasteiger charge is -2.05. The molecule has 3 aromatic heterocycles. The van der Waals surface area contributed by atoms with Gasteiger partial charge in [0.1, 0.15) is 12.4 Å². The van der Waals surface area contributed by atoms with Crippen molar-refractivity contribution in [3.63, 3.8) is 0 Å². The van der Waals surface area contributed by atoms with E-state index in [1.165, 1.54) is 15.7 Å². The van der Waals surface area contributed by atoms with Crippen LogP contribution >= 0.6 is 22.9 Å². The molecule has 0 aliphatic heterocycles. The van der Waals surface area contributed by atoms with Crippen molar-refractivity contribution in [3.8, 4) is 5.88 Å². The average molecular weight is 370 g/mol. The number of carbonyl (C=O) groups excluding carboxylic acids is 1. The van der Waals surface area contributed by atoms with Gasteiger partial charge in [-0.2, -0.15) is 0 Å². The van der Waals surface area contributed by atoms with Crippen LogP contribution in [0.15, 0.2) is 60.9 Å². The average Bonchev–Trinajstić information content (AvgIpc) is 3.17. The number of imidazole rings is 1. The van der Waals surface area contributed by atoms with E-state index in [0.29, 0.717) is 22.2 Å². The summed E-state index contributed by atoms with van der Waals surface area (Å²) in [5.41, 5.74) is 1.25. The molecule has 0 amide bonds. The summed E-state index contributed by atoms with van der Waals surface area (Å²) in [7, 11) is 0. The van der Waals surface area contributed by atoms with Gasteiger partial charge in [0.2, 0.25) is 11.5 Å². The normalized spacial score (nSPS) is 11.1. The number of thiazole rings is 1. The molecule has 0 fully saturated rings. The van der Waals surface area contributed by atoms with Crippen LogP contribution in [0, 0.1) is 0 Å². The summed E-state index contributed by atoms with van der Waals surface area (Å²) in [5.74, 6) is -0.634. The molecule has 4 aromatic rings. The van der Waals surface area contributed by atoms with Crippen molar-refractivity contribution >= 4 is 34.4 Å². The van der Waals surface area contributed by atoms with Crippen LogP contribution in [0.3, 0.4) is 0 Å². The number of aromatic nitrogens is 3. The Morgan fingerprint density at radius 1 is 1.20 bits per heavy atom. The van der Waals surface area contributed by atoms with E-state index in [4.69, 9.17) is 11.6 Å². The monoisotopic (exact) mass is 369 g/mol. The van der Waals surface area contributed by atoms with E-state index in [1.807, 2.05) is 18.2 Å². The Balaban J connectivity index is 1.91. The summed E-state index contributed by atoms with van der Waals surface area (Å²) in [6.07, 6.45) is 3.32. The molecule has 0 N–H and O–H groups in total. The molecule has 0 bridgehead atoms. The van der Waals surface area contributed by atoms with Crippen LogP contribution in [-0.4, -0.2) is 15.3 Å². The van der Waals surface area contributed by atoms with E-state index < -0.39 is 0 Å². The first-order chi connectivity index (χ1) is 12.1. The van der Waals surface area contributed by atoms with Gasteiger partial charge in [-0.1, -0.05) is 48.0 Å². The van der Waals surface area contributed by atoms with Gasteiger partial charge < -0.3 is 5.11 Å². The molecular formula is C18H12ClN3O2S. The number of rotatable bonds is 4. The molecule has 0 radical (unpaired) electrons. The zero-order valence-corrected chi connectivity index (χ0v) is 14.5. The van der Waals surface area contributed by atoms with Crippen molar-refractivity contribution < 1.29 is 14.3 Å². The van der Waals surface area contributed by atoms with Gasteiger partial charge >= 0.3 is 0 Å². The van der Waals surface area contributed by atoms with E-state index in [9.17, 15) is 9.90 Å². The maximum absolute atomic E-state index is 13.0. The van der Waals surface area contributed by atoms with Crippen LogP contribution in [0.5, 0.6) is 5.88 Å². The van der Waals surface area contributed by atoms with Crippen molar-refractivity contribution in [1.82, 2.24) is 9.55 Å². The number of nitrogens with zero attached hydrogens (tertiary/aromatic N) is 3. The predicted molar refractivity (Wildman–Crippen MR) is 93.1 cm³/mol. The predicted octanol–water partition coefficient (Wildman–Crippen LogP) is 2.69. The van der Waals surface area contributed by atoms with Crippen molar-refractivity contribution in [3.05, 3.63) is 81.5 Å². The minimum atomic E-state index is -0.333. The van der Waals surface area contributed by atoms with E-state index in [2.05, 4.69) is 4.98 Å². The minimum absolute atomic E-state index is 0.127. The summed E-state index contributed by atoms with van der Waals surface area (Å²) in [5, 5.41) is 12.8. The Hall–Kier alpha value is -2.70. The van der Waals surface area contributed by atoms with E-state index >= 15 is 0 Å². The quantitative estimate of drug-likeness (QED) is 0.410. The number of halogens is 1. The highest BCUT2D eigenvalue weighted by atomic mass is 35.5. The number of hydrogen-bond acceptors (Lipinski definition) is 4. The van der Waals surface area contributed by atoms with E-state index in [-0.39, 0.29) is 17.4 Å². The van der Waals surface area contributed by atoms with Gasteiger partial charge in [-0.15, -0.1) is 11.3 Å². The van der Waals surface area contributed by atoms with Crippen molar-refractivity contribution in [2.75, 3.05) is 0 Å². The number of carbonyl (C=O) groups is 1. The first-order valence-electron chi connectivity index (χ1n) is 7.55. The molecule has 0 spiro atoms. The zero-order valence-electron chi connectivity index (χ0n) is 12.9. The molecule has 124 valence electrons. The van der Waals surface area contributed by atoms with Crippen LogP contribution < -0.4 is 9.51 Å². The largest absolute Gasteiger partial charge is 0.839 e. The molecular weight excluding hydrogens is 358 g/mol. The van der Waals surface area contributed by atoms with Gasteiger partial charge in [0.15, 0.2) is 4.47 Å². The summed E-state index contributed by atoms with van der Waals surface area (Å²) >= 11 is 7.24. The lowest BCUT2D eigenvalue weighted by molar-refractivity contribution is -0.582. The summed E-state index contributed by atoms with van der Waals surface area (Å²) in [4.78, 5) is 17.9. The van der Waals surface area contributed by atoms with Gasteiger partial charge in [-0.05, 0) is 6.07 Å². The van der Waals surface area contributed by atoms with Crippen molar-refractivity contribution in [2.24, 2.45) is 0 Å². The molecule has 0 saturated carbocycles. The minimum Gasteiger partial charge on any atom is -0.839 e. The highest BCUT2D eigenvalue weighted by molar-refractivity contribution is 7.15. The maximum Gasteiger partial charge on any atom is 0.286 e. The molecule has 5 nitrogen and oxygen atoms in total. The Bertz CT molecular complexity index is 1070. The highest BCUT2D eigenvalue weighted by Gasteiger charge is 2.27. The van der Waals surface area contributed by atoms with Gasteiger partial charge in [-0.25, -0.2) is 14.0 Å². The SMILES string of the molecule is O=C(c1ccccc1)c1c([O-])[n+]2ccccc2n1Cc1cnc(Cl)s1. The lowest BCUT2D eigenvalue weighted by Crippen LogP contribution is -2.24. The first-order valence-corrected chi connectivity index (χ1v) is 8.74. The summed E-state index contributed by atoms with van der Waals surface area (Å²) < 4.78 is 3.64. The maximum atomic E-state index is 13.0.